The molecule has 0 spiro atoms. The molecule has 122 valence electrons. The van der Waals surface area contributed by atoms with Crippen molar-refractivity contribution in [1.29, 1.82) is 0 Å². The van der Waals surface area contributed by atoms with Gasteiger partial charge in [-0.15, -0.1) is 0 Å². The van der Waals surface area contributed by atoms with Crippen molar-refractivity contribution in [3.63, 3.8) is 0 Å². The Labute approximate surface area is 131 Å². The highest BCUT2D eigenvalue weighted by atomic mass is 16.6. The molecule has 2 rings (SSSR count). The van der Waals surface area contributed by atoms with E-state index in [9.17, 15) is 4.79 Å². The van der Waals surface area contributed by atoms with E-state index >= 15 is 0 Å². The van der Waals surface area contributed by atoms with Gasteiger partial charge in [-0.3, -0.25) is 0 Å². The summed E-state index contributed by atoms with van der Waals surface area (Å²) in [5.74, 6) is 5.75. The molecule has 6 nitrogen and oxygen atoms in total. The maximum atomic E-state index is 12.1. The van der Waals surface area contributed by atoms with Gasteiger partial charge in [0.15, 0.2) is 0 Å². The summed E-state index contributed by atoms with van der Waals surface area (Å²) in [6.45, 7) is 7.60. The van der Waals surface area contributed by atoms with Crippen LogP contribution in [0.3, 0.4) is 0 Å². The van der Waals surface area contributed by atoms with Crippen LogP contribution < -0.4 is 10.6 Å². The van der Waals surface area contributed by atoms with Crippen LogP contribution in [0.4, 0.5) is 4.79 Å². The number of nitrogens with zero attached hydrogens (tertiary/aromatic N) is 1. The van der Waals surface area contributed by atoms with Gasteiger partial charge in [0, 0.05) is 13.1 Å². The van der Waals surface area contributed by atoms with Crippen LogP contribution in [0.2, 0.25) is 0 Å². The fraction of sp³-hybridized carbons (Fsp3) is 0.562. The second-order valence-corrected chi connectivity index (χ2v) is 6.30. The molecule has 0 radical (unpaired) electrons. The average molecular weight is 308 g/mol. The number of carbonyl (C=O) groups is 1. The van der Waals surface area contributed by atoms with Crippen molar-refractivity contribution in [3.05, 3.63) is 29.3 Å². The predicted octanol–water partition coefficient (Wildman–Crippen LogP) is 2.25. The third kappa shape index (κ3) is 4.61. The lowest BCUT2D eigenvalue weighted by molar-refractivity contribution is 0.0224. The monoisotopic (exact) mass is 308 g/mol. The minimum atomic E-state index is -0.472. The Morgan fingerprint density at radius 3 is 2.73 bits per heavy atom. The third-order valence-corrected chi connectivity index (χ3v) is 3.31. The van der Waals surface area contributed by atoms with Crippen molar-refractivity contribution in [2.45, 2.75) is 39.3 Å². The van der Waals surface area contributed by atoms with Crippen LogP contribution in [-0.2, 0) is 22.5 Å². The Morgan fingerprint density at radius 2 is 2.05 bits per heavy atom. The molecule has 22 heavy (non-hydrogen) atoms. The SMILES string of the molecule is CC(C)(C)OC(=O)N1CCc2cc(OCCON)ccc2C1. The van der Waals surface area contributed by atoms with E-state index in [-0.39, 0.29) is 6.09 Å². The van der Waals surface area contributed by atoms with Crippen LogP contribution in [-0.4, -0.2) is 36.4 Å². The van der Waals surface area contributed by atoms with Gasteiger partial charge < -0.3 is 19.2 Å². The zero-order chi connectivity index (χ0) is 16.2. The quantitative estimate of drug-likeness (QED) is 0.682. The Balaban J connectivity index is 1.98. The molecule has 0 fully saturated rings. The molecule has 0 aliphatic carbocycles. The summed E-state index contributed by atoms with van der Waals surface area (Å²) in [5, 5.41) is 0. The average Bonchev–Trinajstić information content (AvgIpc) is 2.45. The summed E-state index contributed by atoms with van der Waals surface area (Å²) in [6, 6.07) is 5.90. The number of hydrogen-bond donors (Lipinski definition) is 1. The molecular weight excluding hydrogens is 284 g/mol. The summed E-state index contributed by atoms with van der Waals surface area (Å²) in [6.07, 6.45) is 0.526. The van der Waals surface area contributed by atoms with E-state index in [1.54, 1.807) is 4.90 Å². The Morgan fingerprint density at radius 1 is 1.27 bits per heavy atom. The number of benzene rings is 1. The fourth-order valence-corrected chi connectivity index (χ4v) is 2.31. The fourth-order valence-electron chi connectivity index (χ4n) is 2.31. The zero-order valence-corrected chi connectivity index (χ0v) is 13.4. The van der Waals surface area contributed by atoms with E-state index < -0.39 is 5.60 Å². The number of hydrogen-bond acceptors (Lipinski definition) is 5. The molecule has 6 heteroatoms. The van der Waals surface area contributed by atoms with Gasteiger partial charge in [-0.2, -0.15) is 0 Å². The minimum absolute atomic E-state index is 0.265. The molecule has 1 heterocycles. The number of ether oxygens (including phenoxy) is 2. The molecule has 1 aromatic carbocycles. The van der Waals surface area contributed by atoms with Gasteiger partial charge in [-0.05, 0) is 50.5 Å². The van der Waals surface area contributed by atoms with Gasteiger partial charge >= 0.3 is 6.09 Å². The van der Waals surface area contributed by atoms with Gasteiger partial charge in [-0.25, -0.2) is 10.7 Å². The lowest BCUT2D eigenvalue weighted by Crippen LogP contribution is -2.39. The normalized spacial score (nSPS) is 14.5. The summed E-state index contributed by atoms with van der Waals surface area (Å²) in [7, 11) is 0. The molecule has 0 saturated carbocycles. The van der Waals surface area contributed by atoms with Crippen LogP contribution >= 0.6 is 0 Å². The van der Waals surface area contributed by atoms with E-state index in [1.807, 2.05) is 39.0 Å². The van der Waals surface area contributed by atoms with Crippen molar-refractivity contribution >= 4 is 6.09 Å². The van der Waals surface area contributed by atoms with Crippen LogP contribution in [0.5, 0.6) is 5.75 Å². The molecule has 0 aromatic heterocycles. The van der Waals surface area contributed by atoms with Gasteiger partial charge in [-0.1, -0.05) is 6.07 Å². The third-order valence-electron chi connectivity index (χ3n) is 3.31. The van der Waals surface area contributed by atoms with E-state index in [0.717, 1.165) is 17.7 Å². The van der Waals surface area contributed by atoms with Crippen molar-refractivity contribution < 1.29 is 19.1 Å². The zero-order valence-electron chi connectivity index (χ0n) is 13.4. The molecule has 1 aliphatic rings. The molecule has 0 unspecified atom stereocenters. The van der Waals surface area contributed by atoms with Gasteiger partial charge in [0.05, 0.1) is 0 Å². The highest BCUT2D eigenvalue weighted by Crippen LogP contribution is 2.25. The number of amides is 1. The van der Waals surface area contributed by atoms with Crippen LogP contribution in [0.25, 0.3) is 0 Å². The highest BCUT2D eigenvalue weighted by molar-refractivity contribution is 5.68. The first-order chi connectivity index (χ1) is 10.4. The van der Waals surface area contributed by atoms with E-state index in [4.69, 9.17) is 15.4 Å². The maximum Gasteiger partial charge on any atom is 0.410 e. The molecule has 1 aromatic rings. The molecular formula is C16H24N2O4. The molecule has 0 bridgehead atoms. The topological polar surface area (TPSA) is 74.0 Å². The Kier molecular flexibility index (Phi) is 5.26. The highest BCUT2D eigenvalue weighted by Gasteiger charge is 2.25. The minimum Gasteiger partial charge on any atom is -0.491 e. The lowest BCUT2D eigenvalue weighted by atomic mass is 10.00. The smallest absolute Gasteiger partial charge is 0.410 e. The number of nitrogens with two attached hydrogens (primary N) is 1. The van der Waals surface area contributed by atoms with Crippen molar-refractivity contribution in [3.8, 4) is 5.75 Å². The number of rotatable bonds is 4. The van der Waals surface area contributed by atoms with Crippen molar-refractivity contribution in [2.24, 2.45) is 5.90 Å². The predicted molar refractivity (Wildman–Crippen MR) is 82.4 cm³/mol. The lowest BCUT2D eigenvalue weighted by Gasteiger charge is -2.31. The molecule has 0 atom stereocenters. The van der Waals surface area contributed by atoms with Crippen molar-refractivity contribution in [1.82, 2.24) is 4.90 Å². The van der Waals surface area contributed by atoms with Gasteiger partial charge in [0.25, 0.3) is 0 Å². The van der Waals surface area contributed by atoms with Crippen LogP contribution in [0.1, 0.15) is 31.9 Å². The second kappa shape index (κ2) is 6.98. The summed E-state index contributed by atoms with van der Waals surface area (Å²) < 4.78 is 11.0. The van der Waals surface area contributed by atoms with Gasteiger partial charge in [0.2, 0.25) is 0 Å². The number of carbonyl (C=O) groups excluding carboxylic acids is 1. The molecule has 2 N–H and O–H groups in total. The standard InChI is InChI=1S/C16H24N2O4/c1-16(2,3)22-15(19)18-7-6-12-10-14(20-8-9-21-17)5-4-13(12)11-18/h4-5,10H,6-9,11,17H2,1-3H3. The first kappa shape index (κ1) is 16.6. The molecule has 0 saturated heterocycles. The summed E-state index contributed by atoms with van der Waals surface area (Å²) in [4.78, 5) is 18.3. The van der Waals surface area contributed by atoms with Crippen molar-refractivity contribution in [2.75, 3.05) is 19.8 Å². The van der Waals surface area contributed by atoms with Crippen LogP contribution in [0, 0.1) is 0 Å². The maximum absolute atomic E-state index is 12.1. The Hall–Kier alpha value is -1.79. The first-order valence-corrected chi connectivity index (χ1v) is 7.43. The van der Waals surface area contributed by atoms with E-state index in [0.29, 0.717) is 26.3 Å². The Bertz CT molecular complexity index is 525. The van der Waals surface area contributed by atoms with Crippen LogP contribution in [0.15, 0.2) is 18.2 Å². The molecule has 1 aliphatic heterocycles. The first-order valence-electron chi connectivity index (χ1n) is 7.43. The largest absolute Gasteiger partial charge is 0.491 e. The molecule has 1 amide bonds. The summed E-state index contributed by atoms with van der Waals surface area (Å²) >= 11 is 0. The van der Waals surface area contributed by atoms with E-state index in [1.165, 1.54) is 5.56 Å². The summed E-state index contributed by atoms with van der Waals surface area (Å²) in [5.41, 5.74) is 1.85. The van der Waals surface area contributed by atoms with Gasteiger partial charge in [0.1, 0.15) is 24.6 Å². The number of fused-ring (bicyclic) bond motifs is 1. The second-order valence-electron chi connectivity index (χ2n) is 6.30. The van der Waals surface area contributed by atoms with E-state index in [2.05, 4.69) is 4.84 Å².